The van der Waals surface area contributed by atoms with Gasteiger partial charge in [-0.05, 0) is 36.5 Å². The fourth-order valence-corrected chi connectivity index (χ4v) is 3.88. The van der Waals surface area contributed by atoms with Crippen LogP contribution in [0.15, 0.2) is 35.2 Å². The molecule has 0 spiro atoms. The number of nitrogens with one attached hydrogen (secondary N) is 1. The highest BCUT2D eigenvalue weighted by Gasteiger charge is 2.15. The lowest BCUT2D eigenvalue weighted by Gasteiger charge is -2.24. The molecule has 1 aromatic carbocycles. The first-order valence-corrected chi connectivity index (χ1v) is 8.95. The third-order valence-electron chi connectivity index (χ3n) is 3.33. The second kappa shape index (κ2) is 6.99. The maximum Gasteiger partial charge on any atom is 0.142 e. The van der Waals surface area contributed by atoms with E-state index in [1.807, 2.05) is 34.8 Å². The first kappa shape index (κ1) is 13.8. The number of hydrogen-bond acceptors (Lipinski definition) is 5. The maximum atomic E-state index is 5.90. The van der Waals surface area contributed by atoms with Crippen LogP contribution in [0.4, 0.5) is 5.69 Å². The second-order valence-electron chi connectivity index (χ2n) is 4.80. The standard InChI is InChI=1S/C15H18N2OS2/c1-2-4-15(18-9-13-10-20-11-16-13)14(3-1)17-12-5-7-19-8-6-12/h1-4,10-12,17H,5-9H2. The molecule has 2 heterocycles. The van der Waals surface area contributed by atoms with Crippen LogP contribution in [-0.4, -0.2) is 22.5 Å². The van der Waals surface area contributed by atoms with Crippen LogP contribution >= 0.6 is 23.1 Å². The molecule has 0 amide bonds. The lowest BCUT2D eigenvalue weighted by atomic mass is 10.1. The minimum Gasteiger partial charge on any atom is -0.485 e. The van der Waals surface area contributed by atoms with Crippen molar-refractivity contribution >= 4 is 28.8 Å². The summed E-state index contributed by atoms with van der Waals surface area (Å²) in [6.07, 6.45) is 2.45. The normalized spacial score (nSPS) is 16.0. The summed E-state index contributed by atoms with van der Waals surface area (Å²) in [5.74, 6) is 3.41. The van der Waals surface area contributed by atoms with Crippen molar-refractivity contribution in [1.29, 1.82) is 0 Å². The Balaban J connectivity index is 1.64. The summed E-state index contributed by atoms with van der Waals surface area (Å²) in [4.78, 5) is 4.25. The highest BCUT2D eigenvalue weighted by atomic mass is 32.2. The molecule has 106 valence electrons. The number of rotatable bonds is 5. The summed E-state index contributed by atoms with van der Waals surface area (Å²) in [6.45, 7) is 0.530. The number of para-hydroxylation sites is 2. The molecule has 0 saturated carbocycles. The number of hydrogen-bond donors (Lipinski definition) is 1. The van der Waals surface area contributed by atoms with E-state index >= 15 is 0 Å². The molecule has 1 aromatic heterocycles. The molecular weight excluding hydrogens is 288 g/mol. The van der Waals surface area contributed by atoms with Crippen molar-refractivity contribution in [3.05, 3.63) is 40.8 Å². The van der Waals surface area contributed by atoms with Gasteiger partial charge in [-0.1, -0.05) is 12.1 Å². The number of benzene rings is 1. The zero-order chi connectivity index (χ0) is 13.6. The largest absolute Gasteiger partial charge is 0.485 e. The minimum atomic E-state index is 0.530. The van der Waals surface area contributed by atoms with Crippen LogP contribution in [0, 0.1) is 0 Å². The second-order valence-corrected chi connectivity index (χ2v) is 6.74. The highest BCUT2D eigenvalue weighted by Crippen LogP contribution is 2.28. The van der Waals surface area contributed by atoms with Crippen LogP contribution in [0.25, 0.3) is 0 Å². The molecule has 1 aliphatic rings. The van der Waals surface area contributed by atoms with Gasteiger partial charge in [0, 0.05) is 11.4 Å². The predicted octanol–water partition coefficient (Wildman–Crippen LogP) is 4.03. The van der Waals surface area contributed by atoms with Crippen LogP contribution in [0.5, 0.6) is 5.75 Å². The lowest BCUT2D eigenvalue weighted by molar-refractivity contribution is 0.303. The Bertz CT molecular complexity index is 524. The van der Waals surface area contributed by atoms with Crippen LogP contribution in [0.1, 0.15) is 18.5 Å². The number of thioether (sulfide) groups is 1. The summed E-state index contributed by atoms with van der Waals surface area (Å²) >= 11 is 3.64. The number of ether oxygens (including phenoxy) is 1. The molecule has 20 heavy (non-hydrogen) atoms. The third kappa shape index (κ3) is 3.67. The molecular formula is C15H18N2OS2. The zero-order valence-electron chi connectivity index (χ0n) is 11.2. The smallest absolute Gasteiger partial charge is 0.142 e. The molecule has 1 saturated heterocycles. The Labute approximate surface area is 127 Å². The summed E-state index contributed by atoms with van der Waals surface area (Å²) in [5.41, 5.74) is 3.92. The third-order valence-corrected chi connectivity index (χ3v) is 5.01. The molecule has 3 rings (SSSR count). The van der Waals surface area contributed by atoms with Gasteiger partial charge >= 0.3 is 0 Å². The van der Waals surface area contributed by atoms with Gasteiger partial charge in [0.2, 0.25) is 0 Å². The predicted molar refractivity (Wildman–Crippen MR) is 86.9 cm³/mol. The van der Waals surface area contributed by atoms with Gasteiger partial charge in [-0.2, -0.15) is 11.8 Å². The van der Waals surface area contributed by atoms with Crippen molar-refractivity contribution in [1.82, 2.24) is 4.98 Å². The van der Waals surface area contributed by atoms with Gasteiger partial charge < -0.3 is 10.1 Å². The average molecular weight is 306 g/mol. The summed E-state index contributed by atoms with van der Waals surface area (Å²) in [6, 6.07) is 8.75. The van der Waals surface area contributed by atoms with E-state index in [9.17, 15) is 0 Å². The van der Waals surface area contributed by atoms with E-state index in [2.05, 4.69) is 22.4 Å². The monoisotopic (exact) mass is 306 g/mol. The molecule has 5 heteroatoms. The Hall–Kier alpha value is -1.20. The Morgan fingerprint density at radius 2 is 2.10 bits per heavy atom. The van der Waals surface area contributed by atoms with Gasteiger partial charge in [-0.15, -0.1) is 11.3 Å². The summed E-state index contributed by atoms with van der Waals surface area (Å²) in [5, 5.41) is 5.65. The number of thiazole rings is 1. The van der Waals surface area contributed by atoms with Gasteiger partial charge in [-0.25, -0.2) is 4.98 Å². The van der Waals surface area contributed by atoms with E-state index < -0.39 is 0 Å². The average Bonchev–Trinajstić information content (AvgIpc) is 3.01. The SMILES string of the molecule is c1ccc(OCc2cscn2)c(NC2CCSCC2)c1. The molecule has 0 bridgehead atoms. The molecule has 0 radical (unpaired) electrons. The minimum absolute atomic E-state index is 0.530. The van der Waals surface area contributed by atoms with Crippen LogP contribution in [0.3, 0.4) is 0 Å². The van der Waals surface area contributed by atoms with Gasteiger partial charge in [0.15, 0.2) is 0 Å². The maximum absolute atomic E-state index is 5.90. The van der Waals surface area contributed by atoms with Crippen molar-refractivity contribution in [2.24, 2.45) is 0 Å². The molecule has 1 N–H and O–H groups in total. The molecule has 1 aliphatic heterocycles. The summed E-state index contributed by atoms with van der Waals surface area (Å²) in [7, 11) is 0. The highest BCUT2D eigenvalue weighted by molar-refractivity contribution is 7.99. The Morgan fingerprint density at radius 1 is 1.25 bits per heavy atom. The number of aromatic nitrogens is 1. The zero-order valence-corrected chi connectivity index (χ0v) is 12.9. The molecule has 0 aliphatic carbocycles. The van der Waals surface area contributed by atoms with E-state index in [-0.39, 0.29) is 0 Å². The van der Waals surface area contributed by atoms with Crippen molar-refractivity contribution in [2.45, 2.75) is 25.5 Å². The number of nitrogens with zero attached hydrogens (tertiary/aromatic N) is 1. The molecule has 2 aromatic rings. The Kier molecular flexibility index (Phi) is 4.82. The van der Waals surface area contributed by atoms with Crippen LogP contribution < -0.4 is 10.1 Å². The van der Waals surface area contributed by atoms with Crippen molar-refractivity contribution in [3.63, 3.8) is 0 Å². The van der Waals surface area contributed by atoms with Crippen LogP contribution in [0.2, 0.25) is 0 Å². The van der Waals surface area contributed by atoms with Gasteiger partial charge in [0.25, 0.3) is 0 Å². The molecule has 0 unspecified atom stereocenters. The van der Waals surface area contributed by atoms with Crippen molar-refractivity contribution < 1.29 is 4.74 Å². The fraction of sp³-hybridized carbons (Fsp3) is 0.400. The fourth-order valence-electron chi connectivity index (χ4n) is 2.23. The van der Waals surface area contributed by atoms with E-state index in [0.29, 0.717) is 12.6 Å². The first-order valence-electron chi connectivity index (χ1n) is 6.85. The Morgan fingerprint density at radius 3 is 2.90 bits per heavy atom. The van der Waals surface area contributed by atoms with E-state index in [4.69, 9.17) is 4.74 Å². The lowest BCUT2D eigenvalue weighted by Crippen LogP contribution is -2.24. The quantitative estimate of drug-likeness (QED) is 0.904. The molecule has 1 fully saturated rings. The van der Waals surface area contributed by atoms with Gasteiger partial charge in [0.05, 0.1) is 16.9 Å². The van der Waals surface area contributed by atoms with E-state index in [1.165, 1.54) is 24.3 Å². The van der Waals surface area contributed by atoms with Crippen molar-refractivity contribution in [3.8, 4) is 5.75 Å². The number of anilines is 1. The molecule has 3 nitrogen and oxygen atoms in total. The van der Waals surface area contributed by atoms with Gasteiger partial charge in [0.1, 0.15) is 12.4 Å². The van der Waals surface area contributed by atoms with E-state index in [0.717, 1.165) is 17.1 Å². The topological polar surface area (TPSA) is 34.1 Å². The van der Waals surface area contributed by atoms with E-state index in [1.54, 1.807) is 11.3 Å². The first-order chi connectivity index (χ1) is 9.92. The molecule has 0 atom stereocenters. The van der Waals surface area contributed by atoms with Gasteiger partial charge in [-0.3, -0.25) is 0 Å². The summed E-state index contributed by atoms with van der Waals surface area (Å²) < 4.78 is 5.90. The van der Waals surface area contributed by atoms with Crippen LogP contribution in [-0.2, 0) is 6.61 Å². The van der Waals surface area contributed by atoms with Crippen molar-refractivity contribution in [2.75, 3.05) is 16.8 Å².